The number of halogens is 3. The molecule has 0 bridgehead atoms. The van der Waals surface area contributed by atoms with Crippen molar-refractivity contribution in [3.8, 4) is 0 Å². The third-order valence-corrected chi connectivity index (χ3v) is 5.55. The molecule has 10 heteroatoms. The summed E-state index contributed by atoms with van der Waals surface area (Å²) in [6, 6.07) is 5.28. The van der Waals surface area contributed by atoms with Gasteiger partial charge in [0.15, 0.2) is 5.69 Å². The van der Waals surface area contributed by atoms with Gasteiger partial charge in [-0.2, -0.15) is 18.3 Å². The first-order valence-corrected chi connectivity index (χ1v) is 10.1. The van der Waals surface area contributed by atoms with Crippen molar-refractivity contribution in [3.63, 3.8) is 0 Å². The average Bonchev–Trinajstić information content (AvgIpc) is 3.19. The van der Waals surface area contributed by atoms with E-state index >= 15 is 0 Å². The van der Waals surface area contributed by atoms with Crippen LogP contribution in [0.1, 0.15) is 70.8 Å². The van der Waals surface area contributed by atoms with Gasteiger partial charge < -0.3 is 15.7 Å². The second kappa shape index (κ2) is 9.09. The van der Waals surface area contributed by atoms with Crippen molar-refractivity contribution in [3.05, 3.63) is 52.8 Å². The molecule has 0 radical (unpaired) electrons. The van der Waals surface area contributed by atoms with Crippen LogP contribution >= 0.6 is 0 Å². The number of rotatable bonds is 5. The maximum absolute atomic E-state index is 12.9. The Bertz CT molecular complexity index is 932. The van der Waals surface area contributed by atoms with Gasteiger partial charge in [-0.15, -0.1) is 0 Å². The molecule has 1 heterocycles. The number of nitrogens with one attached hydrogen (secondary N) is 2. The van der Waals surface area contributed by atoms with Crippen LogP contribution in [-0.4, -0.2) is 45.9 Å². The van der Waals surface area contributed by atoms with E-state index in [4.69, 9.17) is 0 Å². The summed E-state index contributed by atoms with van der Waals surface area (Å²) in [6.45, 7) is 1.69. The topological polar surface area (TPSA) is 96.3 Å². The molecular weight excluding hydrogens is 413 g/mol. The lowest BCUT2D eigenvalue weighted by molar-refractivity contribution is -0.137. The molecule has 1 unspecified atom stereocenters. The first kappa shape index (κ1) is 22.8. The fourth-order valence-corrected chi connectivity index (χ4v) is 3.67. The summed E-state index contributed by atoms with van der Waals surface area (Å²) < 4.78 is 39.9. The molecule has 2 aromatic rings. The van der Waals surface area contributed by atoms with Crippen LogP contribution in [-0.2, 0) is 6.18 Å². The highest BCUT2D eigenvalue weighted by molar-refractivity contribution is 5.98. The Labute approximate surface area is 177 Å². The number of carbonyl (C=O) groups is 2. The molecule has 0 aliphatic heterocycles. The van der Waals surface area contributed by atoms with Crippen molar-refractivity contribution >= 4 is 11.8 Å². The van der Waals surface area contributed by atoms with Gasteiger partial charge >= 0.3 is 6.18 Å². The lowest BCUT2D eigenvalue weighted by Crippen LogP contribution is -2.39. The van der Waals surface area contributed by atoms with Gasteiger partial charge in [-0.3, -0.25) is 14.3 Å². The zero-order chi connectivity index (χ0) is 22.8. The van der Waals surface area contributed by atoms with Crippen molar-refractivity contribution in [2.24, 2.45) is 0 Å². The minimum atomic E-state index is -4.45. The molecule has 168 valence electrons. The first-order chi connectivity index (χ1) is 14.6. The summed E-state index contributed by atoms with van der Waals surface area (Å²) in [6.07, 6.45) is -2.35. The van der Waals surface area contributed by atoms with Crippen LogP contribution in [0.5, 0.6) is 0 Å². The van der Waals surface area contributed by atoms with Crippen LogP contribution in [0.2, 0.25) is 0 Å². The summed E-state index contributed by atoms with van der Waals surface area (Å²) in [4.78, 5) is 25.0. The molecule has 1 aromatic heterocycles. The number of aliphatic hydroxyl groups is 1. The first-order valence-electron chi connectivity index (χ1n) is 10.1. The van der Waals surface area contributed by atoms with Gasteiger partial charge in [0.05, 0.1) is 17.7 Å². The lowest BCUT2D eigenvalue weighted by atomic mass is 9.93. The van der Waals surface area contributed by atoms with E-state index in [9.17, 15) is 27.9 Å². The van der Waals surface area contributed by atoms with E-state index in [1.54, 1.807) is 6.92 Å². The van der Waals surface area contributed by atoms with Crippen LogP contribution < -0.4 is 10.6 Å². The van der Waals surface area contributed by atoms with Gasteiger partial charge in [-0.1, -0.05) is 12.1 Å². The molecule has 2 amide bonds. The largest absolute Gasteiger partial charge is 0.416 e. The molecule has 3 N–H and O–H groups in total. The lowest BCUT2D eigenvalue weighted by Gasteiger charge is -2.26. The number of carbonyl (C=O) groups excluding carboxylic acids is 2. The van der Waals surface area contributed by atoms with Gasteiger partial charge in [-0.05, 0) is 50.3 Å². The molecule has 0 saturated heterocycles. The maximum atomic E-state index is 12.9. The number of hydrogen-bond acceptors (Lipinski definition) is 4. The summed E-state index contributed by atoms with van der Waals surface area (Å²) in [7, 11) is 1.44. The van der Waals surface area contributed by atoms with E-state index in [1.165, 1.54) is 29.9 Å². The maximum Gasteiger partial charge on any atom is 0.416 e. The number of benzene rings is 1. The number of aliphatic hydroxyl groups excluding tert-OH is 1. The predicted molar refractivity (Wildman–Crippen MR) is 107 cm³/mol. The predicted octanol–water partition coefficient (Wildman–Crippen LogP) is 2.90. The Kier molecular flexibility index (Phi) is 6.68. The Morgan fingerprint density at radius 1 is 1.13 bits per heavy atom. The normalized spacial score (nSPS) is 20.2. The molecule has 1 aliphatic carbocycles. The van der Waals surface area contributed by atoms with Crippen LogP contribution in [0.15, 0.2) is 30.3 Å². The van der Waals surface area contributed by atoms with E-state index < -0.39 is 29.6 Å². The van der Waals surface area contributed by atoms with E-state index in [-0.39, 0.29) is 23.5 Å². The second-order valence-corrected chi connectivity index (χ2v) is 7.71. The molecule has 1 fully saturated rings. The summed E-state index contributed by atoms with van der Waals surface area (Å²) in [5.41, 5.74) is -0.0931. The van der Waals surface area contributed by atoms with Crippen molar-refractivity contribution in [2.75, 3.05) is 7.05 Å². The molecular formula is C21H25F3N4O3. The molecule has 1 aliphatic rings. The Morgan fingerprint density at radius 2 is 1.74 bits per heavy atom. The minimum Gasteiger partial charge on any atom is -0.393 e. The highest BCUT2D eigenvalue weighted by atomic mass is 19.4. The van der Waals surface area contributed by atoms with Crippen LogP contribution in [0.4, 0.5) is 13.2 Å². The van der Waals surface area contributed by atoms with Gasteiger partial charge in [0.1, 0.15) is 5.69 Å². The van der Waals surface area contributed by atoms with Crippen molar-refractivity contribution in [1.29, 1.82) is 0 Å². The monoisotopic (exact) mass is 438 g/mol. The quantitative estimate of drug-likeness (QED) is 0.669. The van der Waals surface area contributed by atoms with Crippen LogP contribution in [0.3, 0.4) is 0 Å². The van der Waals surface area contributed by atoms with Crippen molar-refractivity contribution in [2.45, 2.75) is 57.0 Å². The van der Waals surface area contributed by atoms with Gasteiger partial charge in [0.2, 0.25) is 0 Å². The summed E-state index contributed by atoms with van der Waals surface area (Å²) in [5, 5.41) is 19.2. The fourth-order valence-electron chi connectivity index (χ4n) is 3.67. The average molecular weight is 438 g/mol. The number of aromatic nitrogens is 2. The molecule has 3 rings (SSSR count). The third-order valence-electron chi connectivity index (χ3n) is 5.55. The highest BCUT2D eigenvalue weighted by Gasteiger charge is 2.31. The highest BCUT2D eigenvalue weighted by Crippen LogP contribution is 2.30. The molecule has 1 saturated carbocycles. The molecule has 31 heavy (non-hydrogen) atoms. The Hall–Kier alpha value is -2.88. The van der Waals surface area contributed by atoms with E-state index in [0.29, 0.717) is 31.2 Å². The van der Waals surface area contributed by atoms with Gasteiger partial charge in [0, 0.05) is 19.2 Å². The Balaban J connectivity index is 1.88. The zero-order valence-corrected chi connectivity index (χ0v) is 17.2. The zero-order valence-electron chi connectivity index (χ0n) is 17.2. The van der Waals surface area contributed by atoms with Crippen LogP contribution in [0, 0.1) is 0 Å². The molecule has 7 nitrogen and oxygen atoms in total. The van der Waals surface area contributed by atoms with Gasteiger partial charge in [0.25, 0.3) is 11.8 Å². The number of amides is 2. The minimum absolute atomic E-state index is 0.0329. The SMILES string of the molecule is CNC(=O)c1cc(C(=O)NC2CCC(O)CC2)n(C(C)c2ccc(C(F)(F)F)cc2)n1. The number of nitrogens with zero attached hydrogens (tertiary/aromatic N) is 2. The molecule has 0 spiro atoms. The smallest absolute Gasteiger partial charge is 0.393 e. The van der Waals surface area contributed by atoms with Gasteiger partial charge in [-0.25, -0.2) is 0 Å². The van der Waals surface area contributed by atoms with E-state index in [2.05, 4.69) is 15.7 Å². The molecule has 1 aromatic carbocycles. The number of hydrogen-bond donors (Lipinski definition) is 3. The summed E-state index contributed by atoms with van der Waals surface area (Å²) >= 11 is 0. The summed E-state index contributed by atoms with van der Waals surface area (Å²) in [5.74, 6) is -0.906. The second-order valence-electron chi connectivity index (χ2n) is 7.71. The van der Waals surface area contributed by atoms with Crippen molar-refractivity contribution in [1.82, 2.24) is 20.4 Å². The molecule has 1 atom stereocenters. The van der Waals surface area contributed by atoms with Crippen LogP contribution in [0.25, 0.3) is 0 Å². The van der Waals surface area contributed by atoms with E-state index in [1.807, 2.05) is 0 Å². The fraction of sp³-hybridized carbons (Fsp3) is 0.476. The third kappa shape index (κ3) is 5.25. The number of alkyl halides is 3. The van der Waals surface area contributed by atoms with E-state index in [0.717, 1.165) is 12.1 Å². The van der Waals surface area contributed by atoms with Crippen molar-refractivity contribution < 1.29 is 27.9 Å². The Morgan fingerprint density at radius 3 is 2.29 bits per heavy atom. The standard InChI is InChI=1S/C21H25F3N4O3/c1-12(13-3-5-14(6-4-13)21(22,23)24)28-18(11-17(27-28)19(30)25-2)20(31)26-15-7-9-16(29)10-8-15/h3-6,11-12,15-16,29H,7-10H2,1-2H3,(H,25,30)(H,26,31).